The normalized spacial score (nSPS) is 18.2. The lowest BCUT2D eigenvalue weighted by Crippen LogP contribution is -2.51. The van der Waals surface area contributed by atoms with Crippen LogP contribution in [-0.4, -0.2) is 52.2 Å². The van der Waals surface area contributed by atoms with E-state index in [1.807, 2.05) is 16.8 Å². The van der Waals surface area contributed by atoms with Crippen LogP contribution in [0.3, 0.4) is 0 Å². The topological polar surface area (TPSA) is 89.4 Å². The summed E-state index contributed by atoms with van der Waals surface area (Å²) < 4.78 is 8.11. The van der Waals surface area contributed by atoms with Crippen molar-refractivity contribution in [2.45, 2.75) is 38.5 Å². The molecule has 4 rings (SSSR count). The molecule has 0 saturated carbocycles. The first-order chi connectivity index (χ1) is 13.0. The van der Waals surface area contributed by atoms with E-state index in [-0.39, 0.29) is 17.3 Å². The van der Waals surface area contributed by atoms with Gasteiger partial charge in [0.2, 0.25) is 0 Å². The Morgan fingerprint density at radius 2 is 2.00 bits per heavy atom. The molecule has 142 valence electrons. The van der Waals surface area contributed by atoms with Crippen molar-refractivity contribution in [1.29, 1.82) is 0 Å². The van der Waals surface area contributed by atoms with Gasteiger partial charge >= 0.3 is 0 Å². The number of carbonyl (C=O) groups is 2. The maximum Gasteiger partial charge on any atom is 0.271 e. The molecule has 8 nitrogen and oxygen atoms in total. The van der Waals surface area contributed by atoms with Crippen molar-refractivity contribution in [2.75, 3.05) is 25.0 Å². The van der Waals surface area contributed by atoms with Gasteiger partial charge < -0.3 is 15.0 Å². The van der Waals surface area contributed by atoms with Crippen LogP contribution < -0.4 is 10.2 Å². The third-order valence-electron chi connectivity index (χ3n) is 5.38. The standard InChI is InChI=1S/C19H23N5O3/c1-13(25)15-4-3-5-17(21-15)23-8-6-19(7-9-23)12-24-14(11-27-19)10-16(22-24)18(26)20-2/h3-5,10H,6-9,11-12H2,1-2H3,(H,20,26). The second-order valence-electron chi connectivity index (χ2n) is 7.15. The summed E-state index contributed by atoms with van der Waals surface area (Å²) in [6, 6.07) is 7.34. The minimum Gasteiger partial charge on any atom is -0.367 e. The van der Waals surface area contributed by atoms with Gasteiger partial charge in [0.25, 0.3) is 5.91 Å². The monoisotopic (exact) mass is 369 g/mol. The van der Waals surface area contributed by atoms with Gasteiger partial charge in [0.15, 0.2) is 11.5 Å². The third kappa shape index (κ3) is 3.32. The summed E-state index contributed by atoms with van der Waals surface area (Å²) in [5, 5.41) is 7.05. The van der Waals surface area contributed by atoms with Crippen LogP contribution in [-0.2, 0) is 17.9 Å². The predicted octanol–water partition coefficient (Wildman–Crippen LogP) is 1.41. The third-order valence-corrected chi connectivity index (χ3v) is 5.38. The number of amides is 1. The number of fused-ring (bicyclic) bond motifs is 1. The Bertz CT molecular complexity index is 883. The zero-order valence-corrected chi connectivity index (χ0v) is 15.6. The smallest absolute Gasteiger partial charge is 0.271 e. The number of nitrogens with zero attached hydrogens (tertiary/aromatic N) is 4. The minimum absolute atomic E-state index is 0.0286. The van der Waals surface area contributed by atoms with Crippen molar-refractivity contribution in [2.24, 2.45) is 0 Å². The number of carbonyl (C=O) groups excluding carboxylic acids is 2. The van der Waals surface area contributed by atoms with Gasteiger partial charge in [-0.25, -0.2) is 4.98 Å². The molecule has 1 N–H and O–H groups in total. The molecular formula is C19H23N5O3. The Morgan fingerprint density at radius 3 is 2.70 bits per heavy atom. The quantitative estimate of drug-likeness (QED) is 0.823. The minimum atomic E-state index is -0.270. The van der Waals surface area contributed by atoms with Crippen molar-refractivity contribution in [3.8, 4) is 0 Å². The molecule has 1 saturated heterocycles. The summed E-state index contributed by atoms with van der Waals surface area (Å²) in [6.07, 6.45) is 1.68. The van der Waals surface area contributed by atoms with Crippen molar-refractivity contribution in [3.63, 3.8) is 0 Å². The molecule has 0 atom stereocenters. The van der Waals surface area contributed by atoms with Crippen LogP contribution in [0.25, 0.3) is 0 Å². The zero-order valence-electron chi connectivity index (χ0n) is 15.6. The second-order valence-corrected chi connectivity index (χ2v) is 7.15. The van der Waals surface area contributed by atoms with Gasteiger partial charge in [-0.2, -0.15) is 5.10 Å². The fourth-order valence-corrected chi connectivity index (χ4v) is 3.73. The predicted molar refractivity (Wildman–Crippen MR) is 98.8 cm³/mol. The first kappa shape index (κ1) is 17.7. The Labute approximate surface area is 157 Å². The van der Waals surface area contributed by atoms with E-state index in [0.717, 1.165) is 37.4 Å². The van der Waals surface area contributed by atoms with E-state index in [2.05, 4.69) is 20.3 Å². The molecule has 1 amide bonds. The van der Waals surface area contributed by atoms with Gasteiger partial charge in [-0.1, -0.05) is 6.07 Å². The summed E-state index contributed by atoms with van der Waals surface area (Å²) in [4.78, 5) is 30.0. The van der Waals surface area contributed by atoms with Gasteiger partial charge in [-0.05, 0) is 31.0 Å². The van der Waals surface area contributed by atoms with Crippen molar-refractivity contribution >= 4 is 17.5 Å². The Balaban J connectivity index is 1.46. The maximum absolute atomic E-state index is 11.8. The van der Waals surface area contributed by atoms with E-state index in [9.17, 15) is 9.59 Å². The van der Waals surface area contributed by atoms with Crippen molar-refractivity contribution in [1.82, 2.24) is 20.1 Å². The van der Waals surface area contributed by atoms with Gasteiger partial charge in [-0.15, -0.1) is 0 Å². The second kappa shape index (κ2) is 6.77. The van der Waals surface area contributed by atoms with Crippen LogP contribution in [0.4, 0.5) is 5.82 Å². The lowest BCUT2D eigenvalue weighted by atomic mass is 9.90. The number of hydrogen-bond donors (Lipinski definition) is 1. The molecule has 4 heterocycles. The molecule has 8 heteroatoms. The number of piperidine rings is 1. The highest BCUT2D eigenvalue weighted by atomic mass is 16.5. The number of nitrogens with one attached hydrogen (secondary N) is 1. The molecule has 27 heavy (non-hydrogen) atoms. The highest BCUT2D eigenvalue weighted by Crippen LogP contribution is 2.34. The maximum atomic E-state index is 11.8. The number of ketones is 1. The van der Waals surface area contributed by atoms with E-state index < -0.39 is 0 Å². The fraction of sp³-hybridized carbons (Fsp3) is 0.474. The van der Waals surface area contributed by atoms with E-state index in [1.165, 1.54) is 6.92 Å². The average molecular weight is 369 g/mol. The molecule has 0 aliphatic carbocycles. The van der Waals surface area contributed by atoms with Crippen LogP contribution in [0.15, 0.2) is 24.3 Å². The number of Topliss-reactive ketones (excluding diaryl/α,β-unsaturated/α-hetero) is 1. The Hall–Kier alpha value is -2.74. The molecular weight excluding hydrogens is 346 g/mol. The summed E-state index contributed by atoms with van der Waals surface area (Å²) >= 11 is 0. The molecule has 0 radical (unpaired) electrons. The fourth-order valence-electron chi connectivity index (χ4n) is 3.73. The van der Waals surface area contributed by atoms with E-state index in [0.29, 0.717) is 24.5 Å². The highest BCUT2D eigenvalue weighted by Gasteiger charge is 2.40. The van der Waals surface area contributed by atoms with E-state index >= 15 is 0 Å². The van der Waals surface area contributed by atoms with Crippen molar-refractivity contribution < 1.29 is 14.3 Å². The summed E-state index contributed by atoms with van der Waals surface area (Å²) in [7, 11) is 1.60. The molecule has 0 bridgehead atoms. The van der Waals surface area contributed by atoms with Crippen LogP contribution in [0.5, 0.6) is 0 Å². The molecule has 0 aromatic carbocycles. The largest absolute Gasteiger partial charge is 0.367 e. The SMILES string of the molecule is CNC(=O)c1cc2n(n1)CC1(CCN(c3cccc(C(C)=O)n3)CC1)OC2. The summed E-state index contributed by atoms with van der Waals surface area (Å²) in [5.74, 6) is 0.617. The van der Waals surface area contributed by atoms with E-state index in [1.54, 1.807) is 19.2 Å². The van der Waals surface area contributed by atoms with Gasteiger partial charge in [-0.3, -0.25) is 14.3 Å². The van der Waals surface area contributed by atoms with Gasteiger partial charge in [0, 0.05) is 27.1 Å². The van der Waals surface area contributed by atoms with Gasteiger partial charge in [0.1, 0.15) is 11.5 Å². The zero-order chi connectivity index (χ0) is 19.0. The molecule has 2 aromatic heterocycles. The first-order valence-corrected chi connectivity index (χ1v) is 9.15. The highest BCUT2D eigenvalue weighted by molar-refractivity contribution is 5.92. The van der Waals surface area contributed by atoms with Gasteiger partial charge in [0.05, 0.1) is 24.4 Å². The van der Waals surface area contributed by atoms with Crippen molar-refractivity contribution in [3.05, 3.63) is 41.3 Å². The molecule has 1 fully saturated rings. The van der Waals surface area contributed by atoms with Crippen LogP contribution in [0.1, 0.15) is 46.4 Å². The van der Waals surface area contributed by atoms with Crippen LogP contribution in [0.2, 0.25) is 0 Å². The number of aromatic nitrogens is 3. The summed E-state index contributed by atoms with van der Waals surface area (Å²) in [6.45, 7) is 4.23. The van der Waals surface area contributed by atoms with E-state index in [4.69, 9.17) is 4.74 Å². The number of hydrogen-bond acceptors (Lipinski definition) is 6. The Kier molecular flexibility index (Phi) is 4.43. The molecule has 2 aliphatic rings. The van der Waals surface area contributed by atoms with Crippen LogP contribution in [0, 0.1) is 0 Å². The molecule has 1 spiro atoms. The molecule has 2 aromatic rings. The number of anilines is 1. The number of ether oxygens (including phenoxy) is 1. The number of rotatable bonds is 3. The summed E-state index contributed by atoms with van der Waals surface area (Å²) in [5.41, 5.74) is 1.58. The first-order valence-electron chi connectivity index (χ1n) is 9.15. The van der Waals surface area contributed by atoms with Crippen LogP contribution >= 0.6 is 0 Å². The lowest BCUT2D eigenvalue weighted by Gasteiger charge is -2.44. The lowest BCUT2D eigenvalue weighted by molar-refractivity contribution is -0.106. The number of pyridine rings is 1. The molecule has 0 unspecified atom stereocenters. The molecule has 2 aliphatic heterocycles. The average Bonchev–Trinajstić information content (AvgIpc) is 3.11. The Morgan fingerprint density at radius 1 is 1.22 bits per heavy atom.